The first kappa shape index (κ1) is 28.9. The topological polar surface area (TPSA) is 34.2 Å². The molecule has 1 aliphatic heterocycles. The van der Waals surface area contributed by atoms with Crippen molar-refractivity contribution in [3.8, 4) is 11.4 Å². The Bertz CT molecular complexity index is 3020. The summed E-state index contributed by atoms with van der Waals surface area (Å²) in [5.41, 5.74) is 12.4. The van der Waals surface area contributed by atoms with E-state index in [0.29, 0.717) is 0 Å². The third-order valence-corrected chi connectivity index (χ3v) is 10.7. The van der Waals surface area contributed by atoms with Gasteiger partial charge in [-0.1, -0.05) is 121 Å². The molecule has 0 amide bonds. The molecule has 11 rings (SSSR count). The van der Waals surface area contributed by atoms with Crippen molar-refractivity contribution >= 4 is 71.5 Å². The Labute approximate surface area is 300 Å². The summed E-state index contributed by atoms with van der Waals surface area (Å²) in [6.45, 7) is 0. The van der Waals surface area contributed by atoms with Gasteiger partial charge in [-0.25, -0.2) is 4.99 Å². The van der Waals surface area contributed by atoms with Crippen molar-refractivity contribution in [1.82, 2.24) is 9.13 Å². The van der Waals surface area contributed by atoms with Crippen molar-refractivity contribution in [3.63, 3.8) is 0 Å². The average Bonchev–Trinajstić information content (AvgIpc) is 3.72. The Morgan fingerprint density at radius 1 is 0.442 bits per heavy atom. The summed E-state index contributed by atoms with van der Waals surface area (Å²) in [4.78, 5) is 5.18. The summed E-state index contributed by atoms with van der Waals surface area (Å²) in [6.07, 6.45) is 0. The minimum Gasteiger partial charge on any atom is -0.371 e. The van der Waals surface area contributed by atoms with Gasteiger partial charge < -0.3 is 14.5 Å². The van der Waals surface area contributed by atoms with Crippen molar-refractivity contribution in [2.75, 3.05) is 5.32 Å². The SMILES string of the molecule is c1ccc(C2=Nc3ccccc3NC2c2ccc(-n3c4cc5c(cc4c4c6ccccc6ccc43)c3ccccc3n5-c3ccccc3)cc2)cc1. The van der Waals surface area contributed by atoms with Crippen LogP contribution in [0.3, 0.4) is 0 Å². The maximum absolute atomic E-state index is 5.18. The number of fused-ring (bicyclic) bond motifs is 9. The lowest BCUT2D eigenvalue weighted by Crippen LogP contribution is -2.24. The predicted molar refractivity (Wildman–Crippen MR) is 218 cm³/mol. The quantitative estimate of drug-likeness (QED) is 0.200. The van der Waals surface area contributed by atoms with Crippen LogP contribution < -0.4 is 5.32 Å². The van der Waals surface area contributed by atoms with Crippen LogP contribution in [0.2, 0.25) is 0 Å². The minimum absolute atomic E-state index is 0.0883. The van der Waals surface area contributed by atoms with Gasteiger partial charge in [0.25, 0.3) is 0 Å². The van der Waals surface area contributed by atoms with E-state index in [2.05, 4.69) is 190 Å². The molecule has 4 heteroatoms. The molecule has 8 aromatic carbocycles. The standard InChI is InChI=1S/C48H32N4/c1-3-14-32(15-4-1)47-48(50-41-21-11-10-20-40(41)49-47)33-23-26-35(27-24-33)52-43-28-25-31-13-7-8-18-36(31)46(43)39-29-38-37-19-9-12-22-42(37)51(44(38)30-45(39)52)34-16-5-2-6-17-34/h1-30,48,50H. The fourth-order valence-corrected chi connectivity index (χ4v) is 8.39. The molecule has 10 aromatic rings. The molecule has 0 fully saturated rings. The van der Waals surface area contributed by atoms with E-state index in [0.717, 1.165) is 34.0 Å². The monoisotopic (exact) mass is 664 g/mol. The van der Waals surface area contributed by atoms with E-state index in [9.17, 15) is 0 Å². The molecule has 1 N–H and O–H groups in total. The summed E-state index contributed by atoms with van der Waals surface area (Å²) >= 11 is 0. The molecule has 0 aliphatic carbocycles. The number of hydrogen-bond donors (Lipinski definition) is 1. The molecular weight excluding hydrogens is 633 g/mol. The smallest absolute Gasteiger partial charge is 0.0947 e. The highest BCUT2D eigenvalue weighted by Crippen LogP contribution is 2.42. The van der Waals surface area contributed by atoms with Gasteiger partial charge in [0.15, 0.2) is 0 Å². The lowest BCUT2D eigenvalue weighted by atomic mass is 9.94. The van der Waals surface area contributed by atoms with Gasteiger partial charge in [0.1, 0.15) is 0 Å². The third-order valence-electron chi connectivity index (χ3n) is 10.7. The number of benzene rings is 8. The van der Waals surface area contributed by atoms with Gasteiger partial charge in [-0.05, 0) is 82.6 Å². The number of anilines is 1. The summed E-state index contributed by atoms with van der Waals surface area (Å²) in [6, 6.07) is 65.4. The van der Waals surface area contributed by atoms with E-state index in [-0.39, 0.29) is 6.04 Å². The molecule has 0 spiro atoms. The number of rotatable bonds is 4. The van der Waals surface area contributed by atoms with Gasteiger partial charge in [0.05, 0.1) is 45.2 Å². The van der Waals surface area contributed by atoms with Gasteiger partial charge in [0, 0.05) is 32.9 Å². The Balaban J connectivity index is 1.15. The minimum atomic E-state index is -0.0883. The molecule has 2 aromatic heterocycles. The van der Waals surface area contributed by atoms with Crippen molar-refractivity contribution < 1.29 is 0 Å². The second kappa shape index (κ2) is 11.3. The summed E-state index contributed by atoms with van der Waals surface area (Å²) in [7, 11) is 0. The van der Waals surface area contributed by atoms with Crippen molar-refractivity contribution in [3.05, 3.63) is 193 Å². The maximum Gasteiger partial charge on any atom is 0.0947 e. The molecule has 1 atom stereocenters. The largest absolute Gasteiger partial charge is 0.371 e. The first-order valence-corrected chi connectivity index (χ1v) is 17.8. The first-order chi connectivity index (χ1) is 25.8. The van der Waals surface area contributed by atoms with E-state index in [4.69, 9.17) is 4.99 Å². The van der Waals surface area contributed by atoms with E-state index in [1.165, 1.54) is 59.9 Å². The normalized spacial score (nSPS) is 14.2. The zero-order valence-electron chi connectivity index (χ0n) is 28.2. The molecule has 1 aliphatic rings. The predicted octanol–water partition coefficient (Wildman–Crippen LogP) is 12.3. The van der Waals surface area contributed by atoms with Crippen LogP contribution in [0.25, 0.3) is 65.8 Å². The number of hydrogen-bond acceptors (Lipinski definition) is 2. The van der Waals surface area contributed by atoms with Crippen LogP contribution in [0.1, 0.15) is 17.2 Å². The van der Waals surface area contributed by atoms with Gasteiger partial charge in [-0.3, -0.25) is 0 Å². The fraction of sp³-hybridized carbons (Fsp3) is 0.0208. The number of para-hydroxylation sites is 4. The van der Waals surface area contributed by atoms with Crippen LogP contribution in [0.5, 0.6) is 0 Å². The highest BCUT2D eigenvalue weighted by Gasteiger charge is 2.26. The molecule has 4 nitrogen and oxygen atoms in total. The lowest BCUT2D eigenvalue weighted by Gasteiger charge is -2.28. The summed E-state index contributed by atoms with van der Waals surface area (Å²) < 4.78 is 4.85. The first-order valence-electron chi connectivity index (χ1n) is 17.8. The Kier molecular flexibility index (Phi) is 6.28. The molecule has 1 unspecified atom stereocenters. The van der Waals surface area contributed by atoms with Gasteiger partial charge in [-0.15, -0.1) is 0 Å². The lowest BCUT2D eigenvalue weighted by molar-refractivity contribution is 1.01. The molecule has 0 bridgehead atoms. The van der Waals surface area contributed by atoms with Crippen LogP contribution in [0.15, 0.2) is 187 Å². The molecule has 0 saturated heterocycles. The van der Waals surface area contributed by atoms with Gasteiger partial charge in [-0.2, -0.15) is 0 Å². The Hall–Kier alpha value is -6.91. The van der Waals surface area contributed by atoms with Crippen LogP contribution in [-0.4, -0.2) is 14.8 Å². The molecule has 0 radical (unpaired) electrons. The van der Waals surface area contributed by atoms with Gasteiger partial charge >= 0.3 is 0 Å². The molecular formula is C48H32N4. The van der Waals surface area contributed by atoms with E-state index >= 15 is 0 Å². The summed E-state index contributed by atoms with van der Waals surface area (Å²) in [5.74, 6) is 0. The van der Waals surface area contributed by atoms with E-state index in [1.807, 2.05) is 6.07 Å². The highest BCUT2D eigenvalue weighted by molar-refractivity contribution is 6.25. The Morgan fingerprint density at radius 3 is 1.94 bits per heavy atom. The van der Waals surface area contributed by atoms with Crippen LogP contribution in [0.4, 0.5) is 11.4 Å². The second-order valence-electron chi connectivity index (χ2n) is 13.6. The van der Waals surface area contributed by atoms with Crippen molar-refractivity contribution in [2.45, 2.75) is 6.04 Å². The number of aliphatic imine (C=N–C) groups is 1. The molecule has 0 saturated carbocycles. The van der Waals surface area contributed by atoms with Crippen molar-refractivity contribution in [2.24, 2.45) is 4.99 Å². The maximum atomic E-state index is 5.18. The second-order valence-corrected chi connectivity index (χ2v) is 13.6. The van der Waals surface area contributed by atoms with E-state index in [1.54, 1.807) is 0 Å². The molecule has 52 heavy (non-hydrogen) atoms. The third kappa shape index (κ3) is 4.31. The fourth-order valence-electron chi connectivity index (χ4n) is 8.39. The summed E-state index contributed by atoms with van der Waals surface area (Å²) in [5, 5.41) is 11.4. The number of aromatic nitrogens is 2. The number of nitrogens with zero attached hydrogens (tertiary/aromatic N) is 3. The average molecular weight is 665 g/mol. The van der Waals surface area contributed by atoms with Crippen molar-refractivity contribution in [1.29, 1.82) is 0 Å². The number of nitrogens with one attached hydrogen (secondary N) is 1. The van der Waals surface area contributed by atoms with Gasteiger partial charge in [0.2, 0.25) is 0 Å². The van der Waals surface area contributed by atoms with Crippen LogP contribution in [-0.2, 0) is 0 Å². The van der Waals surface area contributed by atoms with E-state index < -0.39 is 0 Å². The zero-order chi connectivity index (χ0) is 34.2. The highest BCUT2D eigenvalue weighted by atomic mass is 15.0. The molecule has 3 heterocycles. The molecule has 244 valence electrons. The van der Waals surface area contributed by atoms with Crippen LogP contribution in [0, 0.1) is 0 Å². The Morgan fingerprint density at radius 2 is 1.10 bits per heavy atom. The van der Waals surface area contributed by atoms with Crippen LogP contribution >= 0.6 is 0 Å². The zero-order valence-corrected chi connectivity index (χ0v) is 28.2.